The summed E-state index contributed by atoms with van der Waals surface area (Å²) < 4.78 is 0. The van der Waals surface area contributed by atoms with Gasteiger partial charge in [0.25, 0.3) is 0 Å². The predicted molar refractivity (Wildman–Crippen MR) is 54.7 cm³/mol. The number of hydrogen-bond donors (Lipinski definition) is 2. The molecule has 2 rings (SSSR count). The van der Waals surface area contributed by atoms with E-state index in [1.54, 1.807) is 12.5 Å². The number of hydrogen-bond acceptors (Lipinski definition) is 2. The Morgan fingerprint density at radius 2 is 1.93 bits per heavy atom. The molecule has 0 amide bonds. The minimum absolute atomic E-state index is 0.381. The number of H-pyrrole nitrogens is 1. The Kier molecular flexibility index (Phi) is 2.14. The van der Waals surface area contributed by atoms with Crippen LogP contribution in [0.2, 0.25) is 0 Å². The van der Waals surface area contributed by atoms with Gasteiger partial charge in [-0.3, -0.25) is 0 Å². The van der Waals surface area contributed by atoms with Gasteiger partial charge in [-0.2, -0.15) is 0 Å². The summed E-state index contributed by atoms with van der Waals surface area (Å²) in [7, 11) is 0. The van der Waals surface area contributed by atoms with E-state index >= 15 is 0 Å². The summed E-state index contributed by atoms with van der Waals surface area (Å²) >= 11 is 0. The number of aliphatic hydroxyl groups is 1. The number of nitrogens with zero attached hydrogens (tertiary/aromatic N) is 1. The number of aromatic amines is 1. The van der Waals surface area contributed by atoms with Crippen molar-refractivity contribution in [2.45, 2.75) is 45.1 Å². The molecule has 0 bridgehead atoms. The van der Waals surface area contributed by atoms with Crippen LogP contribution in [-0.4, -0.2) is 15.1 Å². The second-order valence-electron chi connectivity index (χ2n) is 5.16. The molecule has 0 unspecified atom stereocenters. The first kappa shape index (κ1) is 9.71. The summed E-state index contributed by atoms with van der Waals surface area (Å²) in [6, 6.07) is 0. The number of aromatic nitrogens is 2. The Labute approximate surface area is 84.6 Å². The lowest BCUT2D eigenvalue weighted by atomic mass is 9.70. The van der Waals surface area contributed by atoms with Crippen molar-refractivity contribution in [3.8, 4) is 0 Å². The fourth-order valence-corrected chi connectivity index (χ4v) is 2.12. The van der Waals surface area contributed by atoms with Gasteiger partial charge < -0.3 is 10.1 Å². The van der Waals surface area contributed by atoms with Gasteiger partial charge in [0.1, 0.15) is 5.60 Å². The van der Waals surface area contributed by atoms with Crippen molar-refractivity contribution in [2.24, 2.45) is 5.41 Å². The van der Waals surface area contributed by atoms with Crippen LogP contribution in [0, 0.1) is 5.41 Å². The summed E-state index contributed by atoms with van der Waals surface area (Å²) in [4.78, 5) is 6.98. The topological polar surface area (TPSA) is 48.9 Å². The predicted octanol–water partition coefficient (Wildman–Crippen LogP) is 2.20. The van der Waals surface area contributed by atoms with Crippen molar-refractivity contribution in [3.05, 3.63) is 18.2 Å². The minimum atomic E-state index is -0.661. The molecule has 1 aliphatic carbocycles. The fraction of sp³-hybridized carbons (Fsp3) is 0.727. The largest absolute Gasteiger partial charge is 0.384 e. The van der Waals surface area contributed by atoms with E-state index in [1.165, 1.54) is 0 Å². The fourth-order valence-electron chi connectivity index (χ4n) is 2.12. The molecule has 0 spiro atoms. The maximum atomic E-state index is 10.4. The number of nitrogens with one attached hydrogen (secondary N) is 1. The lowest BCUT2D eigenvalue weighted by Gasteiger charge is -2.39. The van der Waals surface area contributed by atoms with Crippen molar-refractivity contribution in [1.82, 2.24) is 9.97 Å². The third kappa shape index (κ3) is 1.69. The summed E-state index contributed by atoms with van der Waals surface area (Å²) in [5.74, 6) is 0. The van der Waals surface area contributed by atoms with Crippen LogP contribution in [0.15, 0.2) is 12.5 Å². The van der Waals surface area contributed by atoms with E-state index in [-0.39, 0.29) is 0 Å². The molecule has 0 atom stereocenters. The average Bonchev–Trinajstić information content (AvgIpc) is 2.64. The first-order chi connectivity index (χ1) is 6.52. The smallest absolute Gasteiger partial charge is 0.106 e. The summed E-state index contributed by atoms with van der Waals surface area (Å²) in [6.45, 7) is 4.53. The Morgan fingerprint density at radius 3 is 2.43 bits per heavy atom. The van der Waals surface area contributed by atoms with Gasteiger partial charge >= 0.3 is 0 Å². The van der Waals surface area contributed by atoms with Crippen LogP contribution in [0.4, 0.5) is 0 Å². The van der Waals surface area contributed by atoms with E-state index in [4.69, 9.17) is 0 Å². The van der Waals surface area contributed by atoms with Crippen molar-refractivity contribution < 1.29 is 5.11 Å². The van der Waals surface area contributed by atoms with E-state index in [0.29, 0.717) is 5.41 Å². The van der Waals surface area contributed by atoms with E-state index < -0.39 is 5.60 Å². The average molecular weight is 194 g/mol. The lowest BCUT2D eigenvalue weighted by Crippen LogP contribution is -2.34. The standard InChI is InChI=1S/C11H18N2O/c1-10(2)3-5-11(14,6-4-10)9-7-12-8-13-9/h7-8,14H,3-6H2,1-2H3,(H,12,13). The Bertz CT molecular complexity index is 293. The molecule has 0 aromatic carbocycles. The van der Waals surface area contributed by atoms with Crippen molar-refractivity contribution in [3.63, 3.8) is 0 Å². The molecule has 0 radical (unpaired) electrons. The third-order valence-corrected chi connectivity index (χ3v) is 3.43. The van der Waals surface area contributed by atoms with Gasteiger partial charge in [0.2, 0.25) is 0 Å². The van der Waals surface area contributed by atoms with Gasteiger partial charge in [-0.05, 0) is 31.1 Å². The van der Waals surface area contributed by atoms with Crippen LogP contribution in [0.5, 0.6) is 0 Å². The SMILES string of the molecule is CC1(C)CCC(O)(c2cnc[nH]2)CC1. The van der Waals surface area contributed by atoms with Crippen LogP contribution >= 0.6 is 0 Å². The van der Waals surface area contributed by atoms with Crippen molar-refractivity contribution in [2.75, 3.05) is 0 Å². The molecule has 2 N–H and O–H groups in total. The van der Waals surface area contributed by atoms with Gasteiger partial charge in [0, 0.05) is 0 Å². The highest BCUT2D eigenvalue weighted by atomic mass is 16.3. The Hall–Kier alpha value is -0.830. The minimum Gasteiger partial charge on any atom is -0.384 e. The molecule has 1 fully saturated rings. The highest BCUT2D eigenvalue weighted by Gasteiger charge is 2.38. The first-order valence-corrected chi connectivity index (χ1v) is 5.23. The Balaban J connectivity index is 2.13. The van der Waals surface area contributed by atoms with Crippen LogP contribution in [-0.2, 0) is 5.60 Å². The third-order valence-electron chi connectivity index (χ3n) is 3.43. The summed E-state index contributed by atoms with van der Waals surface area (Å²) in [5.41, 5.74) is 0.589. The van der Waals surface area contributed by atoms with Crippen LogP contribution < -0.4 is 0 Å². The molecule has 1 aromatic heterocycles. The zero-order valence-corrected chi connectivity index (χ0v) is 8.88. The van der Waals surface area contributed by atoms with Gasteiger partial charge in [0.15, 0.2) is 0 Å². The molecule has 1 heterocycles. The van der Waals surface area contributed by atoms with Crippen molar-refractivity contribution >= 4 is 0 Å². The zero-order chi connectivity index (χ0) is 10.2. The second-order valence-corrected chi connectivity index (χ2v) is 5.16. The highest BCUT2D eigenvalue weighted by molar-refractivity contribution is 5.10. The molecule has 0 aliphatic heterocycles. The quantitative estimate of drug-likeness (QED) is 0.720. The van der Waals surface area contributed by atoms with E-state index in [9.17, 15) is 5.11 Å². The Morgan fingerprint density at radius 1 is 1.29 bits per heavy atom. The zero-order valence-electron chi connectivity index (χ0n) is 8.88. The maximum absolute atomic E-state index is 10.4. The van der Waals surface area contributed by atoms with Gasteiger partial charge in [-0.1, -0.05) is 13.8 Å². The molecule has 78 valence electrons. The molecule has 3 nitrogen and oxygen atoms in total. The van der Waals surface area contributed by atoms with Crippen LogP contribution in [0.1, 0.15) is 45.2 Å². The molecule has 0 saturated heterocycles. The molecule has 14 heavy (non-hydrogen) atoms. The summed E-state index contributed by atoms with van der Waals surface area (Å²) in [5, 5.41) is 10.4. The maximum Gasteiger partial charge on any atom is 0.106 e. The van der Waals surface area contributed by atoms with Gasteiger partial charge in [0.05, 0.1) is 18.2 Å². The summed E-state index contributed by atoms with van der Waals surface area (Å²) in [6.07, 6.45) is 7.18. The molecule has 3 heteroatoms. The normalized spacial score (nSPS) is 24.8. The van der Waals surface area contributed by atoms with E-state index in [0.717, 1.165) is 31.4 Å². The van der Waals surface area contributed by atoms with Crippen LogP contribution in [0.25, 0.3) is 0 Å². The monoisotopic (exact) mass is 194 g/mol. The molecule has 1 saturated carbocycles. The first-order valence-electron chi connectivity index (χ1n) is 5.23. The molecule has 1 aromatic rings. The molecule has 1 aliphatic rings. The molecular formula is C11H18N2O. The number of rotatable bonds is 1. The number of imidazole rings is 1. The lowest BCUT2D eigenvalue weighted by molar-refractivity contribution is -0.0336. The van der Waals surface area contributed by atoms with Crippen molar-refractivity contribution in [1.29, 1.82) is 0 Å². The molecular weight excluding hydrogens is 176 g/mol. The van der Waals surface area contributed by atoms with Gasteiger partial charge in [-0.25, -0.2) is 4.98 Å². The van der Waals surface area contributed by atoms with E-state index in [2.05, 4.69) is 23.8 Å². The second kappa shape index (κ2) is 3.09. The van der Waals surface area contributed by atoms with Gasteiger partial charge in [-0.15, -0.1) is 0 Å². The van der Waals surface area contributed by atoms with Crippen LogP contribution in [0.3, 0.4) is 0 Å². The highest BCUT2D eigenvalue weighted by Crippen LogP contribution is 2.44. The van der Waals surface area contributed by atoms with E-state index in [1.807, 2.05) is 0 Å².